The van der Waals surface area contributed by atoms with E-state index in [1.54, 1.807) is 26.6 Å². The van der Waals surface area contributed by atoms with Crippen molar-refractivity contribution < 1.29 is 14.3 Å². The Morgan fingerprint density at radius 3 is 2.43 bits per heavy atom. The fourth-order valence-electron chi connectivity index (χ4n) is 3.16. The Morgan fingerprint density at radius 1 is 1.07 bits per heavy atom. The van der Waals surface area contributed by atoms with Crippen LogP contribution < -0.4 is 19.9 Å². The van der Waals surface area contributed by atoms with E-state index < -0.39 is 0 Å². The molecule has 0 unspecified atom stereocenters. The largest absolute Gasteiger partial charge is 0.495 e. The number of carbonyl (C=O) groups excluding carboxylic acids is 1. The second-order valence-electron chi connectivity index (χ2n) is 6.52. The first-order chi connectivity index (χ1) is 13.7. The van der Waals surface area contributed by atoms with E-state index in [-0.39, 0.29) is 5.91 Å². The lowest BCUT2D eigenvalue weighted by molar-refractivity contribution is 0.0948. The molecule has 8 nitrogen and oxygen atoms in total. The zero-order valence-corrected chi connectivity index (χ0v) is 16.4. The molecular formula is C20H27N5O3. The van der Waals surface area contributed by atoms with Crippen molar-refractivity contribution in [3.8, 4) is 5.75 Å². The molecule has 0 radical (unpaired) electrons. The third-order valence-electron chi connectivity index (χ3n) is 4.70. The first kappa shape index (κ1) is 19.9. The van der Waals surface area contributed by atoms with E-state index in [4.69, 9.17) is 9.47 Å². The summed E-state index contributed by atoms with van der Waals surface area (Å²) in [6, 6.07) is 8.04. The predicted octanol–water partition coefficient (Wildman–Crippen LogP) is 1.58. The van der Waals surface area contributed by atoms with Gasteiger partial charge < -0.3 is 24.6 Å². The molecule has 1 aliphatic heterocycles. The van der Waals surface area contributed by atoms with Crippen molar-refractivity contribution in [1.29, 1.82) is 0 Å². The fourth-order valence-corrected chi connectivity index (χ4v) is 3.16. The first-order valence-corrected chi connectivity index (χ1v) is 9.45. The standard InChI is InChI=1S/C20H27N5O3/c1-27-13-5-8-21-19(26)16-14-22-20(23-15-16)25-11-9-24(10-12-25)17-6-3-4-7-18(17)28-2/h3-4,6-7,14-15H,5,8-13H2,1-2H3,(H,21,26). The first-order valence-electron chi connectivity index (χ1n) is 9.45. The quantitative estimate of drug-likeness (QED) is 0.691. The van der Waals surface area contributed by atoms with Gasteiger partial charge in [0.05, 0.1) is 18.4 Å². The summed E-state index contributed by atoms with van der Waals surface area (Å²) < 4.78 is 10.4. The van der Waals surface area contributed by atoms with Gasteiger partial charge in [0.1, 0.15) is 5.75 Å². The Kier molecular flexibility index (Phi) is 7.02. The Bertz CT molecular complexity index is 761. The molecule has 0 bridgehead atoms. The highest BCUT2D eigenvalue weighted by atomic mass is 16.5. The number of hydrogen-bond donors (Lipinski definition) is 1. The number of piperazine rings is 1. The maximum absolute atomic E-state index is 12.1. The molecule has 3 rings (SSSR count). The monoisotopic (exact) mass is 385 g/mol. The van der Waals surface area contributed by atoms with Gasteiger partial charge >= 0.3 is 0 Å². The second-order valence-corrected chi connectivity index (χ2v) is 6.52. The lowest BCUT2D eigenvalue weighted by Gasteiger charge is -2.36. The number of amides is 1. The SMILES string of the molecule is COCCCNC(=O)c1cnc(N2CCN(c3ccccc3OC)CC2)nc1. The van der Waals surface area contributed by atoms with Crippen LogP contribution in [0.15, 0.2) is 36.7 Å². The molecule has 1 aliphatic rings. The van der Waals surface area contributed by atoms with E-state index in [9.17, 15) is 4.79 Å². The third kappa shape index (κ3) is 4.89. The number of nitrogens with one attached hydrogen (secondary N) is 1. The van der Waals surface area contributed by atoms with Crippen molar-refractivity contribution in [2.24, 2.45) is 0 Å². The number of ether oxygens (including phenoxy) is 2. The molecule has 1 aromatic carbocycles. The number of rotatable bonds is 8. The van der Waals surface area contributed by atoms with Gasteiger partial charge in [0.25, 0.3) is 5.91 Å². The molecule has 150 valence electrons. The molecule has 1 N–H and O–H groups in total. The van der Waals surface area contributed by atoms with Crippen LogP contribution >= 0.6 is 0 Å². The van der Waals surface area contributed by atoms with E-state index in [2.05, 4.69) is 31.2 Å². The number of nitrogens with zero attached hydrogens (tertiary/aromatic N) is 4. The molecule has 0 atom stereocenters. The van der Waals surface area contributed by atoms with Crippen LogP contribution in [-0.2, 0) is 4.74 Å². The summed E-state index contributed by atoms with van der Waals surface area (Å²) in [6.07, 6.45) is 3.94. The lowest BCUT2D eigenvalue weighted by atomic mass is 10.2. The summed E-state index contributed by atoms with van der Waals surface area (Å²) in [5, 5.41) is 2.84. The summed E-state index contributed by atoms with van der Waals surface area (Å²) in [6.45, 7) is 4.51. The van der Waals surface area contributed by atoms with Crippen LogP contribution in [-0.4, -0.2) is 69.4 Å². The predicted molar refractivity (Wildman–Crippen MR) is 108 cm³/mol. The minimum atomic E-state index is -0.163. The molecule has 0 saturated carbocycles. The molecule has 1 saturated heterocycles. The molecule has 1 aromatic heterocycles. The summed E-state index contributed by atoms with van der Waals surface area (Å²) in [4.78, 5) is 25.3. The Balaban J connectivity index is 1.54. The van der Waals surface area contributed by atoms with Crippen molar-refractivity contribution in [3.63, 3.8) is 0 Å². The van der Waals surface area contributed by atoms with Crippen LogP contribution in [0.2, 0.25) is 0 Å². The number of para-hydroxylation sites is 2. The van der Waals surface area contributed by atoms with Crippen LogP contribution in [0.4, 0.5) is 11.6 Å². The van der Waals surface area contributed by atoms with E-state index in [0.717, 1.165) is 44.0 Å². The van der Waals surface area contributed by atoms with Gasteiger partial charge in [0, 0.05) is 58.8 Å². The number of anilines is 2. The van der Waals surface area contributed by atoms with Crippen LogP contribution in [0.5, 0.6) is 5.75 Å². The summed E-state index contributed by atoms with van der Waals surface area (Å²) in [7, 11) is 3.34. The summed E-state index contributed by atoms with van der Waals surface area (Å²) >= 11 is 0. The Morgan fingerprint density at radius 2 is 1.75 bits per heavy atom. The zero-order valence-electron chi connectivity index (χ0n) is 16.4. The number of aromatic nitrogens is 2. The van der Waals surface area contributed by atoms with Crippen molar-refractivity contribution in [3.05, 3.63) is 42.2 Å². The average molecular weight is 385 g/mol. The van der Waals surface area contributed by atoms with Gasteiger partial charge in [-0.15, -0.1) is 0 Å². The van der Waals surface area contributed by atoms with E-state index in [1.165, 1.54) is 0 Å². The van der Waals surface area contributed by atoms with Gasteiger partial charge in [-0.05, 0) is 18.6 Å². The number of carbonyl (C=O) groups is 1. The van der Waals surface area contributed by atoms with Crippen molar-refractivity contribution in [1.82, 2.24) is 15.3 Å². The molecule has 1 fully saturated rings. The number of methoxy groups -OCH3 is 2. The topological polar surface area (TPSA) is 79.8 Å². The molecule has 2 heterocycles. The van der Waals surface area contributed by atoms with Crippen LogP contribution in [0.1, 0.15) is 16.8 Å². The summed E-state index contributed by atoms with van der Waals surface area (Å²) in [5.74, 6) is 1.37. The van der Waals surface area contributed by atoms with Crippen LogP contribution in [0.25, 0.3) is 0 Å². The molecule has 8 heteroatoms. The summed E-state index contributed by atoms with van der Waals surface area (Å²) in [5.41, 5.74) is 1.57. The fraction of sp³-hybridized carbons (Fsp3) is 0.450. The van der Waals surface area contributed by atoms with Crippen molar-refractivity contribution in [2.75, 3.05) is 63.4 Å². The van der Waals surface area contributed by atoms with Gasteiger partial charge in [0.15, 0.2) is 0 Å². The molecule has 0 aliphatic carbocycles. The maximum atomic E-state index is 12.1. The highest BCUT2D eigenvalue weighted by Gasteiger charge is 2.21. The van der Waals surface area contributed by atoms with E-state index >= 15 is 0 Å². The Hall–Kier alpha value is -2.87. The van der Waals surface area contributed by atoms with E-state index in [1.807, 2.05) is 18.2 Å². The molecule has 28 heavy (non-hydrogen) atoms. The van der Waals surface area contributed by atoms with Gasteiger partial charge in [0.2, 0.25) is 5.95 Å². The molecular weight excluding hydrogens is 358 g/mol. The normalized spacial score (nSPS) is 14.1. The second kappa shape index (κ2) is 9.89. The third-order valence-corrected chi connectivity index (χ3v) is 4.70. The minimum Gasteiger partial charge on any atom is -0.495 e. The highest BCUT2D eigenvalue weighted by Crippen LogP contribution is 2.28. The minimum absolute atomic E-state index is 0.163. The van der Waals surface area contributed by atoms with Crippen LogP contribution in [0.3, 0.4) is 0 Å². The van der Waals surface area contributed by atoms with Gasteiger partial charge in [-0.25, -0.2) is 9.97 Å². The van der Waals surface area contributed by atoms with Crippen molar-refractivity contribution in [2.45, 2.75) is 6.42 Å². The van der Waals surface area contributed by atoms with Gasteiger partial charge in [-0.2, -0.15) is 0 Å². The van der Waals surface area contributed by atoms with Crippen LogP contribution in [0, 0.1) is 0 Å². The molecule has 1 amide bonds. The number of hydrogen-bond acceptors (Lipinski definition) is 7. The van der Waals surface area contributed by atoms with E-state index in [0.29, 0.717) is 24.7 Å². The highest BCUT2D eigenvalue weighted by molar-refractivity contribution is 5.93. The number of benzene rings is 1. The smallest absolute Gasteiger partial charge is 0.254 e. The average Bonchev–Trinajstić information content (AvgIpc) is 2.77. The lowest BCUT2D eigenvalue weighted by Crippen LogP contribution is -2.47. The van der Waals surface area contributed by atoms with Gasteiger partial charge in [-0.3, -0.25) is 4.79 Å². The maximum Gasteiger partial charge on any atom is 0.254 e. The zero-order chi connectivity index (χ0) is 19.8. The van der Waals surface area contributed by atoms with Gasteiger partial charge in [-0.1, -0.05) is 12.1 Å². The molecule has 2 aromatic rings. The molecule has 0 spiro atoms. The van der Waals surface area contributed by atoms with Crippen molar-refractivity contribution >= 4 is 17.5 Å². The Labute approximate surface area is 165 Å².